The molecule has 5 heteroatoms. The topological polar surface area (TPSA) is 18.5 Å². The van der Waals surface area contributed by atoms with E-state index in [0.717, 1.165) is 11.1 Å². The molecule has 100 valence electrons. The van der Waals surface area contributed by atoms with Gasteiger partial charge in [0.25, 0.3) is 0 Å². The third-order valence-corrected chi connectivity index (χ3v) is 9.52. The predicted octanol–water partition coefficient (Wildman–Crippen LogP) is 4.71. The van der Waals surface area contributed by atoms with E-state index in [0.29, 0.717) is 13.2 Å². The molecule has 0 heterocycles. The maximum atomic E-state index is 6.18. The molecule has 0 bridgehead atoms. The van der Waals surface area contributed by atoms with Gasteiger partial charge in [-0.05, 0) is 0 Å². The van der Waals surface area contributed by atoms with Gasteiger partial charge < -0.3 is 0 Å². The Morgan fingerprint density at radius 3 is 1.42 bits per heavy atom. The minimum absolute atomic E-state index is 0.393. The van der Waals surface area contributed by atoms with Gasteiger partial charge in [-0.3, -0.25) is 0 Å². The second kappa shape index (κ2) is 7.55. The van der Waals surface area contributed by atoms with Gasteiger partial charge in [-0.25, -0.2) is 0 Å². The standard InChI is InChI=1S/2C7H7O.2ClH.Hf/c2*8-6-7-4-2-1-3-5-7;;;/h2*1-5H,6H2;2*1H;/q2*-1;;;+4/p-2. The molecule has 0 fully saturated rings. The van der Waals surface area contributed by atoms with Gasteiger partial charge in [0, 0.05) is 0 Å². The Morgan fingerprint density at radius 2 is 1.05 bits per heavy atom. The second-order valence-corrected chi connectivity index (χ2v) is 19.1. The van der Waals surface area contributed by atoms with E-state index in [1.54, 1.807) is 0 Å². The zero-order chi connectivity index (χ0) is 13.6. The zero-order valence-corrected chi connectivity index (χ0v) is 15.4. The van der Waals surface area contributed by atoms with Crippen molar-refractivity contribution in [1.82, 2.24) is 0 Å². The summed E-state index contributed by atoms with van der Waals surface area (Å²) >= 11 is -4.01. The monoisotopic (exact) mass is 464 g/mol. The number of hydrogen-bond donors (Lipinski definition) is 0. The molecule has 19 heavy (non-hydrogen) atoms. The van der Waals surface area contributed by atoms with Crippen LogP contribution in [0.2, 0.25) is 0 Å². The number of rotatable bonds is 6. The van der Waals surface area contributed by atoms with Crippen LogP contribution in [-0.2, 0) is 37.4 Å². The van der Waals surface area contributed by atoms with Gasteiger partial charge in [0.2, 0.25) is 0 Å². The third kappa shape index (κ3) is 5.76. The van der Waals surface area contributed by atoms with Crippen molar-refractivity contribution in [3.63, 3.8) is 0 Å². The summed E-state index contributed by atoms with van der Waals surface area (Å²) < 4.78 is 11.1. The Kier molecular flexibility index (Phi) is 6.05. The molecule has 0 saturated heterocycles. The molecule has 2 aromatic rings. The average Bonchev–Trinajstić information content (AvgIpc) is 2.46. The average molecular weight is 464 g/mol. The first-order valence-corrected chi connectivity index (χ1v) is 17.7. The molecular weight excluding hydrogens is 450 g/mol. The van der Waals surface area contributed by atoms with Gasteiger partial charge in [-0.2, -0.15) is 0 Å². The molecule has 0 spiro atoms. The van der Waals surface area contributed by atoms with Gasteiger partial charge in [0.1, 0.15) is 0 Å². The second-order valence-electron chi connectivity index (χ2n) is 4.01. The third-order valence-electron chi connectivity index (χ3n) is 2.50. The minimum atomic E-state index is -4.01. The van der Waals surface area contributed by atoms with E-state index in [9.17, 15) is 0 Å². The zero-order valence-electron chi connectivity index (χ0n) is 10.3. The maximum absolute atomic E-state index is 6.18. The van der Waals surface area contributed by atoms with E-state index in [4.69, 9.17) is 22.9 Å². The Balaban J connectivity index is 1.82. The molecule has 0 saturated carbocycles. The first-order valence-electron chi connectivity index (χ1n) is 5.89. The van der Waals surface area contributed by atoms with Gasteiger partial charge in [-0.1, -0.05) is 0 Å². The quantitative estimate of drug-likeness (QED) is 0.578. The molecule has 0 aliphatic heterocycles. The van der Waals surface area contributed by atoms with Crippen LogP contribution in [-0.4, -0.2) is 0 Å². The van der Waals surface area contributed by atoms with Crippen molar-refractivity contribution in [2.75, 3.05) is 0 Å². The summed E-state index contributed by atoms with van der Waals surface area (Å²) in [6, 6.07) is 19.6. The number of halogens is 2. The fourth-order valence-corrected chi connectivity index (χ4v) is 6.02. The summed E-state index contributed by atoms with van der Waals surface area (Å²) in [4.78, 5) is 0. The molecule has 0 aliphatic rings. The number of hydrogen-bond acceptors (Lipinski definition) is 2. The van der Waals surface area contributed by atoms with Gasteiger partial charge >= 0.3 is 126 Å². The van der Waals surface area contributed by atoms with Crippen LogP contribution in [0.25, 0.3) is 0 Å². The van der Waals surface area contributed by atoms with Crippen LogP contribution in [0.4, 0.5) is 0 Å². The Hall–Kier alpha value is -0.190. The molecule has 0 atom stereocenters. The van der Waals surface area contributed by atoms with E-state index in [2.05, 4.69) is 0 Å². The Morgan fingerprint density at radius 1 is 0.684 bits per heavy atom. The molecule has 0 radical (unpaired) electrons. The van der Waals surface area contributed by atoms with Crippen LogP contribution in [0, 0.1) is 0 Å². The van der Waals surface area contributed by atoms with Crippen LogP contribution in [0.5, 0.6) is 0 Å². The van der Waals surface area contributed by atoms with Crippen molar-refractivity contribution in [3.05, 3.63) is 71.8 Å². The summed E-state index contributed by atoms with van der Waals surface area (Å²) in [6.45, 7) is 0.786. The van der Waals surface area contributed by atoms with E-state index < -0.39 is 18.5 Å². The van der Waals surface area contributed by atoms with Gasteiger partial charge in [0.05, 0.1) is 0 Å². The normalized spacial score (nSPS) is 11.5. The van der Waals surface area contributed by atoms with Crippen LogP contribution < -0.4 is 0 Å². The van der Waals surface area contributed by atoms with E-state index in [1.807, 2.05) is 60.7 Å². The number of benzene rings is 2. The van der Waals surface area contributed by atoms with Crippen LogP contribution in [0.1, 0.15) is 11.1 Å². The fourth-order valence-electron chi connectivity index (χ4n) is 1.52. The molecule has 0 aromatic heterocycles. The summed E-state index contributed by atoms with van der Waals surface area (Å²) in [5, 5.41) is 0. The fraction of sp³-hybridized carbons (Fsp3) is 0.143. The van der Waals surface area contributed by atoms with Gasteiger partial charge in [-0.15, -0.1) is 0 Å². The summed E-state index contributed by atoms with van der Waals surface area (Å²) in [7, 11) is 12.4. The van der Waals surface area contributed by atoms with E-state index >= 15 is 0 Å². The summed E-state index contributed by atoms with van der Waals surface area (Å²) in [6.07, 6.45) is 0. The van der Waals surface area contributed by atoms with Gasteiger partial charge in [0.15, 0.2) is 0 Å². The van der Waals surface area contributed by atoms with Crippen molar-refractivity contribution >= 4 is 17.2 Å². The summed E-state index contributed by atoms with van der Waals surface area (Å²) in [5.41, 5.74) is 2.08. The molecule has 0 unspecified atom stereocenters. The van der Waals surface area contributed by atoms with E-state index in [-0.39, 0.29) is 0 Å². The first-order chi connectivity index (χ1) is 9.16. The van der Waals surface area contributed by atoms with Crippen molar-refractivity contribution in [1.29, 1.82) is 0 Å². The van der Waals surface area contributed by atoms with Crippen molar-refractivity contribution in [2.24, 2.45) is 0 Å². The van der Waals surface area contributed by atoms with E-state index in [1.165, 1.54) is 0 Å². The van der Waals surface area contributed by atoms with Crippen molar-refractivity contribution < 1.29 is 24.2 Å². The van der Waals surface area contributed by atoms with Crippen LogP contribution >= 0.6 is 17.2 Å². The van der Waals surface area contributed by atoms with Crippen LogP contribution in [0.15, 0.2) is 60.7 Å². The Bertz CT molecular complexity index is 446. The van der Waals surface area contributed by atoms with Crippen molar-refractivity contribution in [3.8, 4) is 0 Å². The molecule has 2 nitrogen and oxygen atoms in total. The summed E-state index contributed by atoms with van der Waals surface area (Å²) in [5.74, 6) is 0. The molecule has 2 rings (SSSR count). The molecule has 0 aliphatic carbocycles. The molecule has 0 N–H and O–H groups in total. The molecule has 0 amide bonds. The molecular formula is C14H14Cl2HfO2. The Labute approximate surface area is 125 Å². The predicted molar refractivity (Wildman–Crippen MR) is 74.2 cm³/mol. The molecule has 2 aromatic carbocycles. The van der Waals surface area contributed by atoms with Crippen molar-refractivity contribution in [2.45, 2.75) is 13.2 Å². The SMILES string of the molecule is [Cl][Hf]([Cl])([O]Cc1ccccc1)[O]Cc1ccccc1. The first kappa shape index (κ1) is 15.2. The van der Waals surface area contributed by atoms with Crippen LogP contribution in [0.3, 0.4) is 0 Å².